The Morgan fingerprint density at radius 2 is 2.35 bits per heavy atom. The van der Waals surface area contributed by atoms with Crippen molar-refractivity contribution in [2.24, 2.45) is 7.05 Å². The number of hydrogen-bond acceptors (Lipinski definition) is 3. The first-order chi connectivity index (χ1) is 8.11. The summed E-state index contributed by atoms with van der Waals surface area (Å²) >= 11 is 5.37. The Balaban J connectivity index is 2.34. The van der Waals surface area contributed by atoms with Gasteiger partial charge in [0.15, 0.2) is 0 Å². The van der Waals surface area contributed by atoms with Crippen molar-refractivity contribution in [2.75, 3.05) is 6.54 Å². The normalized spacial score (nSPS) is 12.9. The SMILES string of the molecule is CCNC(c1cnn(C)c1)c1cc(C)c(Br)s1. The number of halogens is 1. The standard InChI is InChI=1S/C12H16BrN3S/c1-4-14-11(9-6-15-16(3)7-9)10-5-8(2)12(13)17-10/h5-7,11,14H,4H2,1-3H3. The van der Waals surface area contributed by atoms with Gasteiger partial charge < -0.3 is 5.32 Å². The summed E-state index contributed by atoms with van der Waals surface area (Å²) in [6.07, 6.45) is 3.99. The van der Waals surface area contributed by atoms with Gasteiger partial charge >= 0.3 is 0 Å². The summed E-state index contributed by atoms with van der Waals surface area (Å²) in [6.45, 7) is 5.18. The molecule has 0 radical (unpaired) electrons. The first-order valence-corrected chi connectivity index (χ1v) is 7.20. The molecule has 2 aromatic rings. The summed E-state index contributed by atoms with van der Waals surface area (Å²) in [5.74, 6) is 0. The molecular formula is C12H16BrN3S. The largest absolute Gasteiger partial charge is 0.306 e. The van der Waals surface area contributed by atoms with Crippen LogP contribution in [0.4, 0.5) is 0 Å². The maximum Gasteiger partial charge on any atom is 0.0731 e. The van der Waals surface area contributed by atoms with Gasteiger partial charge in [-0.05, 0) is 41.0 Å². The number of hydrogen-bond donors (Lipinski definition) is 1. The predicted octanol–water partition coefficient (Wildman–Crippen LogP) is 3.25. The molecule has 0 saturated carbocycles. The highest BCUT2D eigenvalue weighted by Crippen LogP contribution is 2.34. The minimum absolute atomic E-state index is 0.240. The Hall–Kier alpha value is -0.650. The molecule has 92 valence electrons. The van der Waals surface area contributed by atoms with Gasteiger partial charge in [0.1, 0.15) is 0 Å². The zero-order valence-corrected chi connectivity index (χ0v) is 12.6. The molecule has 3 nitrogen and oxygen atoms in total. The molecular weight excluding hydrogens is 298 g/mol. The van der Waals surface area contributed by atoms with E-state index in [9.17, 15) is 0 Å². The van der Waals surface area contributed by atoms with Crippen molar-refractivity contribution >= 4 is 27.3 Å². The molecule has 2 rings (SSSR count). The molecule has 17 heavy (non-hydrogen) atoms. The molecule has 2 aromatic heterocycles. The minimum Gasteiger partial charge on any atom is -0.306 e. The van der Waals surface area contributed by atoms with Crippen LogP contribution in [0.3, 0.4) is 0 Å². The van der Waals surface area contributed by atoms with Gasteiger partial charge in [-0.2, -0.15) is 5.10 Å². The van der Waals surface area contributed by atoms with Crippen molar-refractivity contribution in [2.45, 2.75) is 19.9 Å². The molecule has 1 atom stereocenters. The lowest BCUT2D eigenvalue weighted by Gasteiger charge is -2.14. The summed E-state index contributed by atoms with van der Waals surface area (Å²) in [4.78, 5) is 1.32. The lowest BCUT2D eigenvalue weighted by Crippen LogP contribution is -2.20. The molecule has 0 bridgehead atoms. The van der Waals surface area contributed by atoms with E-state index in [1.165, 1.54) is 19.8 Å². The van der Waals surface area contributed by atoms with Gasteiger partial charge in [0, 0.05) is 23.7 Å². The van der Waals surface area contributed by atoms with Gasteiger partial charge in [0.25, 0.3) is 0 Å². The Labute approximate surface area is 114 Å². The van der Waals surface area contributed by atoms with Crippen LogP contribution in [-0.2, 0) is 7.05 Å². The van der Waals surface area contributed by atoms with E-state index in [1.807, 2.05) is 17.9 Å². The third-order valence-corrected chi connectivity index (χ3v) is 4.83. The van der Waals surface area contributed by atoms with Crippen molar-refractivity contribution < 1.29 is 0 Å². The van der Waals surface area contributed by atoms with E-state index < -0.39 is 0 Å². The van der Waals surface area contributed by atoms with E-state index in [2.05, 4.69) is 52.5 Å². The lowest BCUT2D eigenvalue weighted by molar-refractivity contribution is 0.638. The second kappa shape index (κ2) is 5.33. The molecule has 0 amide bonds. The molecule has 0 spiro atoms. The predicted molar refractivity (Wildman–Crippen MR) is 75.5 cm³/mol. The van der Waals surface area contributed by atoms with E-state index in [0.717, 1.165) is 6.54 Å². The topological polar surface area (TPSA) is 29.9 Å². The maximum absolute atomic E-state index is 4.24. The molecule has 0 aliphatic heterocycles. The van der Waals surface area contributed by atoms with Gasteiger partial charge in [0.2, 0.25) is 0 Å². The van der Waals surface area contributed by atoms with Crippen molar-refractivity contribution in [3.05, 3.63) is 38.3 Å². The van der Waals surface area contributed by atoms with Crippen LogP contribution in [0, 0.1) is 6.92 Å². The highest BCUT2D eigenvalue weighted by molar-refractivity contribution is 9.11. The van der Waals surface area contributed by atoms with E-state index in [0.29, 0.717) is 0 Å². The van der Waals surface area contributed by atoms with Crippen LogP contribution in [0.15, 0.2) is 22.2 Å². The van der Waals surface area contributed by atoms with Crippen LogP contribution in [0.5, 0.6) is 0 Å². The van der Waals surface area contributed by atoms with Crippen LogP contribution >= 0.6 is 27.3 Å². The van der Waals surface area contributed by atoms with Crippen LogP contribution in [-0.4, -0.2) is 16.3 Å². The number of aryl methyl sites for hydroxylation is 2. The zero-order valence-electron chi connectivity index (χ0n) is 10.2. The summed E-state index contributed by atoms with van der Waals surface area (Å²) < 4.78 is 3.05. The molecule has 2 heterocycles. The quantitative estimate of drug-likeness (QED) is 0.939. The van der Waals surface area contributed by atoms with Gasteiger partial charge in [-0.1, -0.05) is 6.92 Å². The molecule has 1 unspecified atom stereocenters. The van der Waals surface area contributed by atoms with Crippen molar-refractivity contribution in [1.29, 1.82) is 0 Å². The van der Waals surface area contributed by atoms with E-state index in [4.69, 9.17) is 0 Å². The van der Waals surface area contributed by atoms with E-state index >= 15 is 0 Å². The van der Waals surface area contributed by atoms with Crippen LogP contribution in [0.2, 0.25) is 0 Å². The molecule has 0 aliphatic carbocycles. The minimum atomic E-state index is 0.240. The van der Waals surface area contributed by atoms with Crippen LogP contribution < -0.4 is 5.32 Å². The summed E-state index contributed by atoms with van der Waals surface area (Å²) in [7, 11) is 1.95. The van der Waals surface area contributed by atoms with E-state index in [-0.39, 0.29) is 6.04 Å². The summed E-state index contributed by atoms with van der Waals surface area (Å²) in [6, 6.07) is 2.47. The zero-order chi connectivity index (χ0) is 12.4. The highest BCUT2D eigenvalue weighted by Gasteiger charge is 2.17. The molecule has 1 N–H and O–H groups in total. The lowest BCUT2D eigenvalue weighted by atomic mass is 10.1. The van der Waals surface area contributed by atoms with Crippen LogP contribution in [0.25, 0.3) is 0 Å². The molecule has 0 fully saturated rings. The average molecular weight is 314 g/mol. The van der Waals surface area contributed by atoms with Gasteiger partial charge in [-0.25, -0.2) is 0 Å². The first kappa shape index (κ1) is 12.8. The molecule has 5 heteroatoms. The van der Waals surface area contributed by atoms with Gasteiger partial charge in [0.05, 0.1) is 16.0 Å². The Kier molecular flexibility index (Phi) is 4.01. The van der Waals surface area contributed by atoms with Gasteiger partial charge in [-0.3, -0.25) is 4.68 Å². The van der Waals surface area contributed by atoms with Crippen LogP contribution in [0.1, 0.15) is 29.0 Å². The fourth-order valence-corrected chi connectivity index (χ4v) is 3.48. The molecule has 0 aliphatic rings. The van der Waals surface area contributed by atoms with Crippen molar-refractivity contribution in [3.63, 3.8) is 0 Å². The summed E-state index contributed by atoms with van der Waals surface area (Å²) in [5, 5.41) is 7.75. The second-order valence-electron chi connectivity index (χ2n) is 4.04. The fraction of sp³-hybridized carbons (Fsp3) is 0.417. The number of nitrogens with one attached hydrogen (secondary N) is 1. The Bertz CT molecular complexity index is 484. The molecule has 0 aromatic carbocycles. The van der Waals surface area contributed by atoms with Gasteiger partial charge in [-0.15, -0.1) is 11.3 Å². The maximum atomic E-state index is 4.24. The Morgan fingerprint density at radius 1 is 1.59 bits per heavy atom. The van der Waals surface area contributed by atoms with Crippen molar-refractivity contribution in [1.82, 2.24) is 15.1 Å². The first-order valence-electron chi connectivity index (χ1n) is 5.59. The number of nitrogens with zero attached hydrogens (tertiary/aromatic N) is 2. The average Bonchev–Trinajstić information content (AvgIpc) is 2.83. The summed E-state index contributed by atoms with van der Waals surface area (Å²) in [5.41, 5.74) is 2.50. The number of rotatable bonds is 4. The van der Waals surface area contributed by atoms with E-state index in [1.54, 1.807) is 11.3 Å². The third-order valence-electron chi connectivity index (χ3n) is 2.63. The van der Waals surface area contributed by atoms with Crippen molar-refractivity contribution in [3.8, 4) is 0 Å². The Morgan fingerprint density at radius 3 is 2.82 bits per heavy atom. The number of thiophene rings is 1. The second-order valence-corrected chi connectivity index (χ2v) is 6.45. The fourth-order valence-electron chi connectivity index (χ4n) is 1.80. The third kappa shape index (κ3) is 2.78. The number of aromatic nitrogens is 2. The smallest absolute Gasteiger partial charge is 0.0731 e. The monoisotopic (exact) mass is 313 g/mol. The highest BCUT2D eigenvalue weighted by atomic mass is 79.9. The molecule has 0 saturated heterocycles.